The lowest BCUT2D eigenvalue weighted by Gasteiger charge is -2.09. The van der Waals surface area contributed by atoms with Crippen LogP contribution in [-0.4, -0.2) is 16.1 Å². The third-order valence-corrected chi connectivity index (χ3v) is 2.57. The van der Waals surface area contributed by atoms with E-state index in [9.17, 15) is 9.59 Å². The van der Waals surface area contributed by atoms with Gasteiger partial charge in [0.2, 0.25) is 5.43 Å². The third kappa shape index (κ3) is 2.26. The SMILES string of the molecule is Cc1cc(=O)c(C=O)nn1-c1ccc(Cl)cc1. The number of aldehydes is 1. The molecule has 1 heterocycles. The van der Waals surface area contributed by atoms with E-state index in [1.165, 1.54) is 10.7 Å². The van der Waals surface area contributed by atoms with Crippen molar-refractivity contribution >= 4 is 17.9 Å². The van der Waals surface area contributed by atoms with E-state index in [4.69, 9.17) is 11.6 Å². The molecule has 0 atom stereocenters. The molecule has 4 nitrogen and oxygen atoms in total. The van der Waals surface area contributed by atoms with Gasteiger partial charge in [0.05, 0.1) is 5.69 Å². The van der Waals surface area contributed by atoms with Gasteiger partial charge in [0.15, 0.2) is 12.0 Å². The minimum Gasteiger partial charge on any atom is -0.296 e. The van der Waals surface area contributed by atoms with E-state index in [2.05, 4.69) is 5.10 Å². The van der Waals surface area contributed by atoms with Crippen molar-refractivity contribution in [3.63, 3.8) is 0 Å². The van der Waals surface area contributed by atoms with Gasteiger partial charge < -0.3 is 0 Å². The fourth-order valence-electron chi connectivity index (χ4n) is 1.49. The Labute approximate surface area is 102 Å². The van der Waals surface area contributed by atoms with Crippen LogP contribution in [0.2, 0.25) is 5.02 Å². The number of rotatable bonds is 2. The predicted octanol–water partition coefficient (Wildman–Crippen LogP) is 2.01. The van der Waals surface area contributed by atoms with E-state index >= 15 is 0 Å². The Morgan fingerprint density at radius 3 is 2.53 bits per heavy atom. The van der Waals surface area contributed by atoms with Crippen LogP contribution in [0.3, 0.4) is 0 Å². The molecule has 0 aliphatic rings. The standard InChI is InChI=1S/C12H9ClN2O2/c1-8-6-12(17)11(7-16)14-15(8)10-4-2-9(13)3-5-10/h2-7H,1H3. The van der Waals surface area contributed by atoms with Crippen molar-refractivity contribution in [1.82, 2.24) is 9.78 Å². The Kier molecular flexibility index (Phi) is 3.06. The lowest BCUT2D eigenvalue weighted by atomic mass is 10.3. The molecule has 0 unspecified atom stereocenters. The molecule has 5 heteroatoms. The molecule has 86 valence electrons. The molecule has 0 N–H and O–H groups in total. The first kappa shape index (κ1) is 11.5. The van der Waals surface area contributed by atoms with Crippen molar-refractivity contribution < 1.29 is 4.79 Å². The zero-order chi connectivity index (χ0) is 12.4. The summed E-state index contributed by atoms with van der Waals surface area (Å²) in [4.78, 5) is 22.1. The molecule has 1 aromatic heterocycles. The number of aromatic nitrogens is 2. The van der Waals surface area contributed by atoms with Gasteiger partial charge in [-0.2, -0.15) is 5.10 Å². The maximum absolute atomic E-state index is 11.4. The summed E-state index contributed by atoms with van der Waals surface area (Å²) in [6, 6.07) is 8.35. The van der Waals surface area contributed by atoms with Crippen LogP contribution in [0.15, 0.2) is 35.1 Å². The van der Waals surface area contributed by atoms with Crippen molar-refractivity contribution in [3.05, 3.63) is 57.0 Å². The first-order valence-electron chi connectivity index (χ1n) is 4.94. The second-order valence-corrected chi connectivity index (χ2v) is 3.98. The lowest BCUT2D eigenvalue weighted by Crippen LogP contribution is -2.18. The Hall–Kier alpha value is -1.94. The number of hydrogen-bond acceptors (Lipinski definition) is 3. The van der Waals surface area contributed by atoms with Crippen LogP contribution in [0.25, 0.3) is 5.69 Å². The van der Waals surface area contributed by atoms with Gasteiger partial charge in [-0.05, 0) is 31.2 Å². The molecule has 1 aromatic carbocycles. The monoisotopic (exact) mass is 248 g/mol. The first-order chi connectivity index (χ1) is 8.11. The van der Waals surface area contributed by atoms with Crippen molar-refractivity contribution in [2.45, 2.75) is 6.92 Å². The van der Waals surface area contributed by atoms with Gasteiger partial charge in [0, 0.05) is 16.8 Å². The topological polar surface area (TPSA) is 52.0 Å². The summed E-state index contributed by atoms with van der Waals surface area (Å²) in [5, 5.41) is 4.60. The molecule has 17 heavy (non-hydrogen) atoms. The maximum atomic E-state index is 11.4. The number of aryl methyl sites for hydroxylation is 1. The summed E-state index contributed by atoms with van der Waals surface area (Å²) in [5.41, 5.74) is 0.922. The summed E-state index contributed by atoms with van der Waals surface area (Å²) >= 11 is 5.79. The predicted molar refractivity (Wildman–Crippen MR) is 65.0 cm³/mol. The number of nitrogens with zero attached hydrogens (tertiary/aromatic N) is 2. The van der Waals surface area contributed by atoms with Gasteiger partial charge in [-0.3, -0.25) is 9.59 Å². The number of carbonyl (C=O) groups is 1. The van der Waals surface area contributed by atoms with Gasteiger partial charge in [-0.1, -0.05) is 11.6 Å². The van der Waals surface area contributed by atoms with E-state index in [1.807, 2.05) is 0 Å². The van der Waals surface area contributed by atoms with E-state index < -0.39 is 0 Å². The number of carbonyl (C=O) groups excluding carboxylic acids is 1. The van der Waals surface area contributed by atoms with Crippen LogP contribution in [0, 0.1) is 6.92 Å². The number of benzene rings is 1. The van der Waals surface area contributed by atoms with Gasteiger partial charge in [-0.25, -0.2) is 4.68 Å². The molecular weight excluding hydrogens is 240 g/mol. The minimum atomic E-state index is -0.372. The average Bonchev–Trinajstić information content (AvgIpc) is 2.31. The van der Waals surface area contributed by atoms with Crippen LogP contribution in [0.1, 0.15) is 16.2 Å². The van der Waals surface area contributed by atoms with Crippen LogP contribution < -0.4 is 5.43 Å². The zero-order valence-corrected chi connectivity index (χ0v) is 9.81. The second kappa shape index (κ2) is 4.51. The molecule has 0 saturated carbocycles. The summed E-state index contributed by atoms with van der Waals surface area (Å²) in [6.45, 7) is 1.75. The Morgan fingerprint density at radius 1 is 1.29 bits per heavy atom. The summed E-state index contributed by atoms with van der Waals surface area (Å²) in [7, 11) is 0. The molecule has 0 fully saturated rings. The largest absolute Gasteiger partial charge is 0.296 e. The summed E-state index contributed by atoms with van der Waals surface area (Å²) in [5.74, 6) is 0. The fraction of sp³-hybridized carbons (Fsp3) is 0.0833. The Bertz CT molecular complexity index is 617. The van der Waals surface area contributed by atoms with E-state index in [0.29, 0.717) is 17.0 Å². The van der Waals surface area contributed by atoms with Gasteiger partial charge in [0.1, 0.15) is 0 Å². The molecular formula is C12H9ClN2O2. The van der Waals surface area contributed by atoms with Crippen LogP contribution >= 0.6 is 11.6 Å². The Balaban J connectivity index is 2.62. The van der Waals surface area contributed by atoms with Crippen molar-refractivity contribution in [1.29, 1.82) is 0 Å². The molecule has 0 radical (unpaired) electrons. The van der Waals surface area contributed by atoms with Crippen molar-refractivity contribution in [3.8, 4) is 5.69 Å². The van der Waals surface area contributed by atoms with Gasteiger partial charge in [-0.15, -0.1) is 0 Å². The molecule has 0 amide bonds. The normalized spacial score (nSPS) is 10.2. The highest BCUT2D eigenvalue weighted by atomic mass is 35.5. The highest BCUT2D eigenvalue weighted by molar-refractivity contribution is 6.30. The van der Waals surface area contributed by atoms with Crippen LogP contribution in [0.5, 0.6) is 0 Å². The van der Waals surface area contributed by atoms with E-state index in [0.717, 1.165) is 5.69 Å². The number of hydrogen-bond donors (Lipinski definition) is 0. The fourth-order valence-corrected chi connectivity index (χ4v) is 1.61. The maximum Gasteiger partial charge on any atom is 0.211 e. The van der Waals surface area contributed by atoms with E-state index in [-0.39, 0.29) is 11.1 Å². The average molecular weight is 249 g/mol. The molecule has 0 spiro atoms. The van der Waals surface area contributed by atoms with E-state index in [1.54, 1.807) is 31.2 Å². The second-order valence-electron chi connectivity index (χ2n) is 3.54. The molecule has 0 saturated heterocycles. The highest BCUT2D eigenvalue weighted by Crippen LogP contribution is 2.13. The third-order valence-electron chi connectivity index (χ3n) is 2.32. The lowest BCUT2D eigenvalue weighted by molar-refractivity contribution is 0.111. The first-order valence-corrected chi connectivity index (χ1v) is 5.31. The summed E-state index contributed by atoms with van der Waals surface area (Å²) < 4.78 is 1.53. The minimum absolute atomic E-state index is 0.106. The highest BCUT2D eigenvalue weighted by Gasteiger charge is 2.06. The summed E-state index contributed by atoms with van der Waals surface area (Å²) in [6.07, 6.45) is 0.453. The molecule has 0 bridgehead atoms. The van der Waals surface area contributed by atoms with Crippen molar-refractivity contribution in [2.75, 3.05) is 0 Å². The van der Waals surface area contributed by atoms with Gasteiger partial charge >= 0.3 is 0 Å². The Morgan fingerprint density at radius 2 is 1.94 bits per heavy atom. The zero-order valence-electron chi connectivity index (χ0n) is 9.05. The van der Waals surface area contributed by atoms with Gasteiger partial charge in [0.25, 0.3) is 0 Å². The van der Waals surface area contributed by atoms with Crippen LogP contribution in [-0.2, 0) is 0 Å². The molecule has 2 aromatic rings. The smallest absolute Gasteiger partial charge is 0.211 e. The molecule has 0 aliphatic heterocycles. The number of halogens is 1. The van der Waals surface area contributed by atoms with Crippen LogP contribution in [0.4, 0.5) is 0 Å². The van der Waals surface area contributed by atoms with Crippen molar-refractivity contribution in [2.24, 2.45) is 0 Å². The quantitative estimate of drug-likeness (QED) is 0.764. The molecule has 2 rings (SSSR count). The molecule has 0 aliphatic carbocycles.